The van der Waals surface area contributed by atoms with Crippen LogP contribution in [0.1, 0.15) is 42.0 Å². The first-order valence-electron chi connectivity index (χ1n) is 8.81. The second kappa shape index (κ2) is 8.78. The number of hydrogen-bond donors (Lipinski definition) is 2. The molecule has 2 aromatic rings. The number of carbonyl (C=O) groups is 1. The standard InChI is InChI=1S/C20H24NO6P/c1-12(2)18-10-17(5-6-19(18)21-23)27-20-13(3)7-15(8-14(20)4)9-16(22)11-28(24,25)26/h5-8,10,12H,9,11H2,1-4H3,(H2,24,25,26). The van der Waals surface area contributed by atoms with Crippen molar-refractivity contribution in [2.45, 2.75) is 40.0 Å². The third-order valence-corrected chi connectivity index (χ3v) is 5.01. The van der Waals surface area contributed by atoms with Crippen LogP contribution in [0.5, 0.6) is 11.5 Å². The van der Waals surface area contributed by atoms with Gasteiger partial charge < -0.3 is 14.5 Å². The molecule has 0 heterocycles. The molecule has 8 heteroatoms. The Kier molecular flexibility index (Phi) is 6.88. The van der Waals surface area contributed by atoms with Crippen molar-refractivity contribution in [2.24, 2.45) is 5.18 Å². The van der Waals surface area contributed by atoms with E-state index in [9.17, 15) is 14.3 Å². The maximum Gasteiger partial charge on any atom is 0.332 e. The average Bonchev–Trinajstić information content (AvgIpc) is 2.56. The van der Waals surface area contributed by atoms with Gasteiger partial charge in [-0.25, -0.2) is 0 Å². The van der Waals surface area contributed by atoms with E-state index in [4.69, 9.17) is 14.5 Å². The summed E-state index contributed by atoms with van der Waals surface area (Å²) in [7, 11) is -4.36. The van der Waals surface area contributed by atoms with E-state index in [-0.39, 0.29) is 12.3 Å². The number of ether oxygens (including phenoxy) is 1. The third kappa shape index (κ3) is 5.83. The molecule has 2 aromatic carbocycles. The second-order valence-electron chi connectivity index (χ2n) is 7.17. The number of hydrogen-bond acceptors (Lipinski definition) is 5. The Balaban J connectivity index is 2.26. The maximum atomic E-state index is 11.8. The highest BCUT2D eigenvalue weighted by Gasteiger charge is 2.20. The van der Waals surface area contributed by atoms with Crippen molar-refractivity contribution in [2.75, 3.05) is 6.16 Å². The number of rotatable bonds is 8. The summed E-state index contributed by atoms with van der Waals surface area (Å²) in [4.78, 5) is 40.6. The molecule has 0 aliphatic carbocycles. The largest absolute Gasteiger partial charge is 0.457 e. The lowest BCUT2D eigenvalue weighted by Crippen LogP contribution is -2.09. The monoisotopic (exact) mass is 405 g/mol. The Hall–Kier alpha value is -2.34. The number of aryl methyl sites for hydroxylation is 2. The molecule has 7 nitrogen and oxygen atoms in total. The van der Waals surface area contributed by atoms with Crippen LogP contribution in [0, 0.1) is 18.8 Å². The number of ketones is 1. The molecule has 0 saturated heterocycles. The molecule has 0 aromatic heterocycles. The molecule has 0 unspecified atom stereocenters. The van der Waals surface area contributed by atoms with Gasteiger partial charge >= 0.3 is 7.60 Å². The van der Waals surface area contributed by atoms with Crippen molar-refractivity contribution in [3.05, 3.63) is 57.5 Å². The van der Waals surface area contributed by atoms with Crippen LogP contribution in [0.4, 0.5) is 5.69 Å². The summed E-state index contributed by atoms with van der Waals surface area (Å²) >= 11 is 0. The molecule has 28 heavy (non-hydrogen) atoms. The van der Waals surface area contributed by atoms with Gasteiger partial charge in [0.2, 0.25) is 0 Å². The van der Waals surface area contributed by atoms with Gasteiger partial charge in [0.1, 0.15) is 29.1 Å². The SMILES string of the molecule is Cc1cc(CC(=O)CP(=O)(O)O)cc(C)c1Oc1ccc(N=O)c(C(C)C)c1. The number of nitroso groups, excluding NO2 is 1. The molecule has 0 spiro atoms. The quantitative estimate of drug-likeness (QED) is 0.477. The van der Waals surface area contributed by atoms with Gasteiger partial charge in [-0.1, -0.05) is 26.0 Å². The van der Waals surface area contributed by atoms with Crippen LogP contribution < -0.4 is 4.74 Å². The van der Waals surface area contributed by atoms with Crippen LogP contribution in [0.3, 0.4) is 0 Å². The minimum absolute atomic E-state index is 0.0513. The van der Waals surface area contributed by atoms with Crippen LogP contribution in [-0.2, 0) is 15.8 Å². The zero-order valence-corrected chi connectivity index (χ0v) is 17.2. The van der Waals surface area contributed by atoms with Gasteiger partial charge in [0.25, 0.3) is 0 Å². The first kappa shape index (κ1) is 22.0. The van der Waals surface area contributed by atoms with Crippen molar-refractivity contribution < 1.29 is 23.9 Å². The summed E-state index contributed by atoms with van der Waals surface area (Å²) < 4.78 is 17.0. The highest BCUT2D eigenvalue weighted by atomic mass is 31.2. The van der Waals surface area contributed by atoms with E-state index in [0.717, 1.165) is 16.7 Å². The summed E-state index contributed by atoms with van der Waals surface area (Å²) in [6.07, 6.45) is -0.817. The van der Waals surface area contributed by atoms with Gasteiger partial charge in [-0.2, -0.15) is 0 Å². The molecule has 0 bridgehead atoms. The summed E-state index contributed by atoms with van der Waals surface area (Å²) in [6, 6.07) is 8.63. The highest BCUT2D eigenvalue weighted by Crippen LogP contribution is 2.36. The normalized spacial score (nSPS) is 11.5. The van der Waals surface area contributed by atoms with E-state index < -0.39 is 19.5 Å². The van der Waals surface area contributed by atoms with Crippen molar-refractivity contribution in [3.63, 3.8) is 0 Å². The average molecular weight is 405 g/mol. The molecule has 0 aliphatic heterocycles. The van der Waals surface area contributed by atoms with Crippen molar-refractivity contribution in [1.29, 1.82) is 0 Å². The molecule has 0 radical (unpaired) electrons. The minimum Gasteiger partial charge on any atom is -0.457 e. The number of carbonyl (C=O) groups excluding carboxylic acids is 1. The Morgan fingerprint density at radius 3 is 2.25 bits per heavy atom. The molecule has 2 rings (SSSR count). The fraction of sp³-hybridized carbons (Fsp3) is 0.350. The van der Waals surface area contributed by atoms with E-state index in [1.165, 1.54) is 0 Å². The van der Waals surface area contributed by atoms with E-state index in [1.807, 2.05) is 27.7 Å². The zero-order chi connectivity index (χ0) is 21.1. The van der Waals surface area contributed by atoms with E-state index in [2.05, 4.69) is 5.18 Å². The molecule has 150 valence electrons. The summed E-state index contributed by atoms with van der Waals surface area (Å²) in [6.45, 7) is 7.61. The summed E-state index contributed by atoms with van der Waals surface area (Å²) in [5, 5.41) is 3.05. The van der Waals surface area contributed by atoms with Gasteiger partial charge in [0, 0.05) is 6.42 Å². The van der Waals surface area contributed by atoms with Gasteiger partial charge in [-0.3, -0.25) is 9.36 Å². The van der Waals surface area contributed by atoms with Gasteiger partial charge in [-0.05, 0) is 65.4 Å². The highest BCUT2D eigenvalue weighted by molar-refractivity contribution is 7.52. The smallest absolute Gasteiger partial charge is 0.332 e. The van der Waals surface area contributed by atoms with Gasteiger partial charge in [-0.15, -0.1) is 4.91 Å². The van der Waals surface area contributed by atoms with Crippen LogP contribution in [0.2, 0.25) is 0 Å². The van der Waals surface area contributed by atoms with Crippen LogP contribution in [-0.4, -0.2) is 21.7 Å². The van der Waals surface area contributed by atoms with Gasteiger partial charge in [0.05, 0.1) is 0 Å². The summed E-state index contributed by atoms with van der Waals surface area (Å²) in [5.74, 6) is 0.806. The third-order valence-electron chi connectivity index (χ3n) is 4.24. The first-order valence-corrected chi connectivity index (χ1v) is 10.6. The second-order valence-corrected chi connectivity index (χ2v) is 8.81. The Bertz CT molecular complexity index is 925. The molecule has 2 N–H and O–H groups in total. The molecule has 0 fully saturated rings. The molecular weight excluding hydrogens is 381 g/mol. The van der Waals surface area contributed by atoms with Crippen LogP contribution in [0.15, 0.2) is 35.5 Å². The van der Waals surface area contributed by atoms with Crippen LogP contribution >= 0.6 is 7.60 Å². The predicted molar refractivity (Wildman–Crippen MR) is 108 cm³/mol. The molecule has 0 amide bonds. The van der Waals surface area contributed by atoms with Crippen molar-refractivity contribution >= 4 is 19.1 Å². The van der Waals surface area contributed by atoms with Crippen molar-refractivity contribution in [1.82, 2.24) is 0 Å². The minimum atomic E-state index is -4.36. The molecule has 0 saturated carbocycles. The fourth-order valence-corrected chi connectivity index (χ4v) is 3.65. The molecular formula is C20H24NO6P. The Labute approximate surface area is 163 Å². The van der Waals surface area contributed by atoms with Crippen molar-refractivity contribution in [3.8, 4) is 11.5 Å². The number of benzene rings is 2. The Morgan fingerprint density at radius 1 is 1.14 bits per heavy atom. The summed E-state index contributed by atoms with van der Waals surface area (Å²) in [5.41, 5.74) is 3.44. The lowest BCUT2D eigenvalue weighted by atomic mass is 10.0. The van der Waals surface area contributed by atoms with Gasteiger partial charge in [0.15, 0.2) is 0 Å². The predicted octanol–water partition coefficient (Wildman–Crippen LogP) is 4.91. The number of Topliss-reactive ketones (excluding diaryl/α,β-unsaturated/α-hetero) is 1. The lowest BCUT2D eigenvalue weighted by Gasteiger charge is -2.16. The Morgan fingerprint density at radius 2 is 1.75 bits per heavy atom. The fourth-order valence-electron chi connectivity index (χ4n) is 3.08. The van der Waals surface area contributed by atoms with E-state index in [0.29, 0.717) is 22.7 Å². The number of nitrogens with zero attached hydrogens (tertiary/aromatic N) is 1. The van der Waals surface area contributed by atoms with Crippen LogP contribution in [0.25, 0.3) is 0 Å². The maximum absolute atomic E-state index is 11.8. The first-order chi connectivity index (χ1) is 13.0. The van der Waals surface area contributed by atoms with E-state index >= 15 is 0 Å². The molecule has 0 atom stereocenters. The van der Waals surface area contributed by atoms with E-state index in [1.54, 1.807) is 30.3 Å². The zero-order valence-electron chi connectivity index (χ0n) is 16.3. The molecule has 0 aliphatic rings. The lowest BCUT2D eigenvalue weighted by molar-refractivity contribution is -0.116. The topological polar surface area (TPSA) is 113 Å².